The van der Waals surface area contributed by atoms with Crippen molar-refractivity contribution in [2.75, 3.05) is 39.8 Å². The molecule has 0 spiro atoms. The SMILES string of the molecule is C[C@H](CN1CCN(C)CC1)OC(=O)c1ccccc1I. The second-order valence-electron chi connectivity index (χ2n) is 5.30. The molecule has 0 amide bonds. The number of ether oxygens (including phenoxy) is 1. The van der Waals surface area contributed by atoms with Crippen LogP contribution in [0.4, 0.5) is 0 Å². The number of esters is 1. The van der Waals surface area contributed by atoms with Gasteiger partial charge in [-0.15, -0.1) is 0 Å². The fourth-order valence-electron chi connectivity index (χ4n) is 2.30. The Morgan fingerprint density at radius 2 is 1.95 bits per heavy atom. The van der Waals surface area contributed by atoms with Crippen molar-refractivity contribution in [3.63, 3.8) is 0 Å². The van der Waals surface area contributed by atoms with Crippen molar-refractivity contribution in [2.45, 2.75) is 13.0 Å². The van der Waals surface area contributed by atoms with Crippen LogP contribution in [0.5, 0.6) is 0 Å². The minimum absolute atomic E-state index is 0.0816. The maximum Gasteiger partial charge on any atom is 0.339 e. The molecule has 1 aromatic rings. The number of carbonyl (C=O) groups excluding carboxylic acids is 1. The summed E-state index contributed by atoms with van der Waals surface area (Å²) in [5.41, 5.74) is 0.651. The molecule has 110 valence electrons. The van der Waals surface area contributed by atoms with Gasteiger partial charge in [0.05, 0.1) is 5.56 Å². The summed E-state index contributed by atoms with van der Waals surface area (Å²) in [4.78, 5) is 16.8. The first-order valence-corrected chi connectivity index (χ1v) is 8.00. The lowest BCUT2D eigenvalue weighted by molar-refractivity contribution is 0.0206. The van der Waals surface area contributed by atoms with Crippen molar-refractivity contribution in [1.29, 1.82) is 0 Å². The molecule has 0 N–H and O–H groups in total. The number of rotatable bonds is 4. The largest absolute Gasteiger partial charge is 0.458 e. The van der Waals surface area contributed by atoms with E-state index in [2.05, 4.69) is 39.4 Å². The Kier molecular flexibility index (Phi) is 5.80. The first kappa shape index (κ1) is 15.7. The van der Waals surface area contributed by atoms with E-state index in [4.69, 9.17) is 4.74 Å². The molecule has 0 bridgehead atoms. The van der Waals surface area contributed by atoms with Crippen LogP contribution in [0.3, 0.4) is 0 Å². The lowest BCUT2D eigenvalue weighted by Gasteiger charge is -2.33. The van der Waals surface area contributed by atoms with Gasteiger partial charge < -0.3 is 9.64 Å². The van der Waals surface area contributed by atoms with Gasteiger partial charge in [-0.05, 0) is 48.7 Å². The van der Waals surface area contributed by atoms with E-state index >= 15 is 0 Å². The van der Waals surface area contributed by atoms with Crippen molar-refractivity contribution in [2.24, 2.45) is 0 Å². The number of hydrogen-bond acceptors (Lipinski definition) is 4. The zero-order valence-electron chi connectivity index (χ0n) is 12.0. The maximum absolute atomic E-state index is 12.1. The van der Waals surface area contributed by atoms with Gasteiger partial charge in [-0.25, -0.2) is 4.79 Å². The molecule has 0 radical (unpaired) electrons. The fourth-order valence-corrected chi connectivity index (χ4v) is 2.91. The summed E-state index contributed by atoms with van der Waals surface area (Å²) < 4.78 is 6.48. The van der Waals surface area contributed by atoms with Gasteiger partial charge in [0.15, 0.2) is 0 Å². The molecule has 1 fully saturated rings. The zero-order valence-corrected chi connectivity index (χ0v) is 14.2. The van der Waals surface area contributed by atoms with Gasteiger partial charge in [0, 0.05) is 36.3 Å². The molecular formula is C15H21IN2O2. The van der Waals surface area contributed by atoms with Crippen LogP contribution in [-0.4, -0.2) is 61.6 Å². The normalized spacial score (nSPS) is 18.8. The first-order valence-electron chi connectivity index (χ1n) is 6.92. The summed E-state index contributed by atoms with van der Waals surface area (Å²) in [6.45, 7) is 7.02. The quantitative estimate of drug-likeness (QED) is 0.584. The predicted octanol–water partition coefficient (Wildman–Crippen LogP) is 2.08. The minimum atomic E-state index is -0.225. The van der Waals surface area contributed by atoms with Crippen molar-refractivity contribution in [3.05, 3.63) is 33.4 Å². The standard InChI is InChI=1S/C15H21IN2O2/c1-12(11-18-9-7-17(2)8-10-18)20-15(19)13-5-3-4-6-14(13)16/h3-6,12H,7-11H2,1-2H3/t12-/m1/s1. The van der Waals surface area contributed by atoms with Gasteiger partial charge in [0.25, 0.3) is 0 Å². The van der Waals surface area contributed by atoms with Crippen LogP contribution >= 0.6 is 22.6 Å². The van der Waals surface area contributed by atoms with E-state index in [1.54, 1.807) is 0 Å². The Morgan fingerprint density at radius 3 is 2.60 bits per heavy atom. The Morgan fingerprint density at radius 1 is 1.30 bits per heavy atom. The van der Waals surface area contributed by atoms with E-state index in [1.807, 2.05) is 31.2 Å². The molecule has 1 atom stereocenters. The summed E-state index contributed by atoms with van der Waals surface area (Å²) >= 11 is 2.16. The summed E-state index contributed by atoms with van der Waals surface area (Å²) in [5.74, 6) is -0.225. The van der Waals surface area contributed by atoms with Crippen LogP contribution in [0, 0.1) is 3.57 Å². The Hall–Kier alpha value is -0.660. The number of likely N-dealkylation sites (N-methyl/N-ethyl adjacent to an activating group) is 1. The van der Waals surface area contributed by atoms with E-state index in [9.17, 15) is 4.79 Å². The van der Waals surface area contributed by atoms with Crippen LogP contribution in [0.25, 0.3) is 0 Å². The second kappa shape index (κ2) is 7.38. The number of benzene rings is 1. The molecular weight excluding hydrogens is 367 g/mol. The molecule has 0 saturated carbocycles. The highest BCUT2D eigenvalue weighted by molar-refractivity contribution is 14.1. The number of carbonyl (C=O) groups is 1. The van der Waals surface area contributed by atoms with Crippen LogP contribution in [0.2, 0.25) is 0 Å². The number of halogens is 1. The second-order valence-corrected chi connectivity index (χ2v) is 6.46. The topological polar surface area (TPSA) is 32.8 Å². The van der Waals surface area contributed by atoms with E-state index in [0.717, 1.165) is 36.3 Å². The molecule has 0 unspecified atom stereocenters. The van der Waals surface area contributed by atoms with Gasteiger partial charge in [-0.3, -0.25) is 4.90 Å². The van der Waals surface area contributed by atoms with Crippen LogP contribution in [0.1, 0.15) is 17.3 Å². The highest BCUT2D eigenvalue weighted by Crippen LogP contribution is 2.14. The molecule has 1 aliphatic heterocycles. The first-order chi connectivity index (χ1) is 9.56. The molecule has 0 aromatic heterocycles. The third kappa shape index (κ3) is 4.43. The monoisotopic (exact) mass is 388 g/mol. The fraction of sp³-hybridized carbons (Fsp3) is 0.533. The minimum Gasteiger partial charge on any atom is -0.458 e. The van der Waals surface area contributed by atoms with E-state index in [0.29, 0.717) is 5.56 Å². The van der Waals surface area contributed by atoms with Gasteiger partial charge in [-0.1, -0.05) is 12.1 Å². The van der Waals surface area contributed by atoms with Crippen molar-refractivity contribution < 1.29 is 9.53 Å². The summed E-state index contributed by atoms with van der Waals surface area (Å²) in [7, 11) is 2.14. The molecule has 1 saturated heterocycles. The molecule has 5 heteroatoms. The molecule has 1 heterocycles. The highest BCUT2D eigenvalue weighted by atomic mass is 127. The smallest absolute Gasteiger partial charge is 0.339 e. The third-order valence-electron chi connectivity index (χ3n) is 3.51. The van der Waals surface area contributed by atoms with E-state index in [1.165, 1.54) is 0 Å². The lowest BCUT2D eigenvalue weighted by Crippen LogP contribution is -2.47. The van der Waals surface area contributed by atoms with Crippen LogP contribution in [-0.2, 0) is 4.74 Å². The number of nitrogens with zero attached hydrogens (tertiary/aromatic N) is 2. The van der Waals surface area contributed by atoms with Gasteiger partial charge in [0.1, 0.15) is 6.10 Å². The lowest BCUT2D eigenvalue weighted by atomic mass is 10.2. The third-order valence-corrected chi connectivity index (χ3v) is 4.45. The summed E-state index contributed by atoms with van der Waals surface area (Å²) in [5, 5.41) is 0. The van der Waals surface area contributed by atoms with Gasteiger partial charge in [-0.2, -0.15) is 0 Å². The molecule has 1 aliphatic rings. The van der Waals surface area contributed by atoms with E-state index < -0.39 is 0 Å². The van der Waals surface area contributed by atoms with Crippen LogP contribution in [0.15, 0.2) is 24.3 Å². The Balaban J connectivity index is 1.84. The van der Waals surface area contributed by atoms with Crippen molar-refractivity contribution in [3.8, 4) is 0 Å². The Bertz CT molecular complexity index is 459. The summed E-state index contributed by atoms with van der Waals surface area (Å²) in [6.07, 6.45) is -0.0816. The zero-order chi connectivity index (χ0) is 14.5. The predicted molar refractivity (Wildman–Crippen MR) is 88.0 cm³/mol. The van der Waals surface area contributed by atoms with Gasteiger partial charge in [0.2, 0.25) is 0 Å². The van der Waals surface area contributed by atoms with Crippen molar-refractivity contribution in [1.82, 2.24) is 9.80 Å². The summed E-state index contributed by atoms with van der Waals surface area (Å²) in [6, 6.07) is 7.52. The Labute approximate surface area is 134 Å². The van der Waals surface area contributed by atoms with Crippen LogP contribution < -0.4 is 0 Å². The maximum atomic E-state index is 12.1. The van der Waals surface area contributed by atoms with Crippen molar-refractivity contribution >= 4 is 28.6 Å². The molecule has 2 rings (SSSR count). The van der Waals surface area contributed by atoms with E-state index in [-0.39, 0.29) is 12.1 Å². The molecule has 4 nitrogen and oxygen atoms in total. The molecule has 0 aliphatic carbocycles. The average molecular weight is 388 g/mol. The molecule has 20 heavy (non-hydrogen) atoms. The van der Waals surface area contributed by atoms with Gasteiger partial charge >= 0.3 is 5.97 Å². The highest BCUT2D eigenvalue weighted by Gasteiger charge is 2.19. The molecule has 1 aromatic carbocycles. The number of hydrogen-bond donors (Lipinski definition) is 0. The number of piperazine rings is 1. The average Bonchev–Trinajstić information content (AvgIpc) is 2.41.